The number of rotatable bonds is 3. The molecule has 0 radical (unpaired) electrons. The number of hydrogen-bond acceptors (Lipinski definition) is 2. The molecule has 4 rings (SSSR count). The van der Waals surface area contributed by atoms with Crippen LogP contribution in [0.2, 0.25) is 0 Å². The maximum absolute atomic E-state index is 11.2. The molecule has 0 N–H and O–H groups in total. The summed E-state index contributed by atoms with van der Waals surface area (Å²) in [5.41, 5.74) is 1.02. The van der Waals surface area contributed by atoms with Crippen LogP contribution in [0.25, 0.3) is 10.9 Å². The number of benzene rings is 1. The van der Waals surface area contributed by atoms with E-state index in [0.717, 1.165) is 29.3 Å². The van der Waals surface area contributed by atoms with Crippen molar-refractivity contribution >= 4 is 16.6 Å². The van der Waals surface area contributed by atoms with Gasteiger partial charge >= 0.3 is 0 Å². The lowest BCUT2D eigenvalue weighted by Gasteiger charge is -2.22. The van der Waals surface area contributed by atoms with Gasteiger partial charge in [0.2, 0.25) is 0 Å². The van der Waals surface area contributed by atoms with Gasteiger partial charge in [-0.1, -0.05) is 18.6 Å². The molecule has 2 bridgehead atoms. The molecule has 0 amide bonds. The van der Waals surface area contributed by atoms with Gasteiger partial charge in [-0.2, -0.15) is 0 Å². The van der Waals surface area contributed by atoms with Crippen LogP contribution >= 0.6 is 0 Å². The molecule has 104 valence electrons. The number of nitro groups is 1. The summed E-state index contributed by atoms with van der Waals surface area (Å²) >= 11 is 0. The summed E-state index contributed by atoms with van der Waals surface area (Å²) in [4.78, 5) is 11.0. The van der Waals surface area contributed by atoms with E-state index in [-0.39, 0.29) is 10.6 Å². The SMILES string of the molecule is O=[N+]([O-])c1cccc2ccn(CC3CC4CCC3C4)c12. The van der Waals surface area contributed by atoms with Gasteiger partial charge in [0.05, 0.1) is 4.92 Å². The first-order valence-corrected chi connectivity index (χ1v) is 7.44. The quantitative estimate of drug-likeness (QED) is 0.625. The second-order valence-corrected chi connectivity index (χ2v) is 6.38. The van der Waals surface area contributed by atoms with Crippen LogP contribution in [0.1, 0.15) is 25.7 Å². The standard InChI is InChI=1S/C16H18N2O2/c19-18(20)15-3-1-2-12-6-7-17(16(12)15)10-14-9-11-4-5-13(14)8-11/h1-3,6-7,11,13-14H,4-5,8-10H2. The number of non-ortho nitro benzene ring substituents is 1. The summed E-state index contributed by atoms with van der Waals surface area (Å²) in [7, 11) is 0. The summed E-state index contributed by atoms with van der Waals surface area (Å²) in [5.74, 6) is 2.48. The van der Waals surface area contributed by atoms with Gasteiger partial charge in [0.15, 0.2) is 0 Å². The molecular weight excluding hydrogens is 252 g/mol. The van der Waals surface area contributed by atoms with E-state index in [9.17, 15) is 10.1 Å². The maximum Gasteiger partial charge on any atom is 0.293 e. The van der Waals surface area contributed by atoms with E-state index < -0.39 is 0 Å². The number of para-hydroxylation sites is 1. The van der Waals surface area contributed by atoms with E-state index in [1.807, 2.05) is 18.3 Å². The van der Waals surface area contributed by atoms with Crippen molar-refractivity contribution in [2.45, 2.75) is 32.2 Å². The summed E-state index contributed by atoms with van der Waals surface area (Å²) in [5, 5.41) is 12.2. The van der Waals surface area contributed by atoms with Gasteiger partial charge in [-0.05, 0) is 43.1 Å². The maximum atomic E-state index is 11.2. The average molecular weight is 270 g/mol. The molecule has 2 aliphatic rings. The van der Waals surface area contributed by atoms with E-state index in [1.54, 1.807) is 12.1 Å². The van der Waals surface area contributed by atoms with Gasteiger partial charge < -0.3 is 4.57 Å². The molecule has 1 aromatic heterocycles. The van der Waals surface area contributed by atoms with Gasteiger partial charge in [0.25, 0.3) is 5.69 Å². The van der Waals surface area contributed by atoms with E-state index in [0.29, 0.717) is 5.92 Å². The molecule has 20 heavy (non-hydrogen) atoms. The minimum Gasteiger partial charge on any atom is -0.342 e. The van der Waals surface area contributed by atoms with Crippen LogP contribution in [0, 0.1) is 27.9 Å². The molecule has 0 saturated heterocycles. The number of fused-ring (bicyclic) bond motifs is 3. The Balaban J connectivity index is 1.71. The fourth-order valence-corrected chi connectivity index (χ4v) is 4.39. The molecule has 4 nitrogen and oxygen atoms in total. The molecule has 0 spiro atoms. The highest BCUT2D eigenvalue weighted by Crippen LogP contribution is 2.49. The zero-order valence-electron chi connectivity index (χ0n) is 11.4. The highest BCUT2D eigenvalue weighted by atomic mass is 16.6. The summed E-state index contributed by atoms with van der Waals surface area (Å²) in [6.07, 6.45) is 7.46. The van der Waals surface area contributed by atoms with Crippen LogP contribution < -0.4 is 0 Å². The summed E-state index contributed by atoms with van der Waals surface area (Å²) in [6, 6.07) is 7.33. The van der Waals surface area contributed by atoms with Crippen molar-refractivity contribution in [3.8, 4) is 0 Å². The van der Waals surface area contributed by atoms with E-state index >= 15 is 0 Å². The highest BCUT2D eigenvalue weighted by molar-refractivity contribution is 5.88. The largest absolute Gasteiger partial charge is 0.342 e. The first-order chi connectivity index (χ1) is 9.72. The van der Waals surface area contributed by atoms with Gasteiger partial charge in [-0.3, -0.25) is 10.1 Å². The third-order valence-corrected chi connectivity index (χ3v) is 5.28. The van der Waals surface area contributed by atoms with Crippen LogP contribution in [0.15, 0.2) is 30.5 Å². The molecular formula is C16H18N2O2. The predicted molar refractivity (Wildman–Crippen MR) is 77.5 cm³/mol. The van der Waals surface area contributed by atoms with Crippen molar-refractivity contribution in [3.05, 3.63) is 40.6 Å². The number of hydrogen-bond donors (Lipinski definition) is 0. The molecule has 1 aromatic carbocycles. The fraction of sp³-hybridized carbons (Fsp3) is 0.500. The molecule has 0 aliphatic heterocycles. The van der Waals surface area contributed by atoms with Crippen molar-refractivity contribution in [3.63, 3.8) is 0 Å². The molecule has 2 fully saturated rings. The third kappa shape index (κ3) is 1.74. The molecule has 2 saturated carbocycles. The van der Waals surface area contributed by atoms with Crippen LogP contribution in [0.4, 0.5) is 5.69 Å². The monoisotopic (exact) mass is 270 g/mol. The number of nitrogens with zero attached hydrogens (tertiary/aromatic N) is 2. The smallest absolute Gasteiger partial charge is 0.293 e. The lowest BCUT2D eigenvalue weighted by atomic mass is 9.89. The number of nitro benzene ring substituents is 1. The zero-order chi connectivity index (χ0) is 13.7. The molecule has 2 aliphatic carbocycles. The Morgan fingerprint density at radius 2 is 2.15 bits per heavy atom. The minimum atomic E-state index is -0.264. The van der Waals surface area contributed by atoms with Crippen LogP contribution in [-0.4, -0.2) is 9.49 Å². The normalized spacial score (nSPS) is 28.3. The van der Waals surface area contributed by atoms with Crippen molar-refractivity contribution in [2.24, 2.45) is 17.8 Å². The van der Waals surface area contributed by atoms with Crippen LogP contribution in [-0.2, 0) is 6.54 Å². The molecule has 3 unspecified atom stereocenters. The molecule has 1 heterocycles. The van der Waals surface area contributed by atoms with E-state index in [4.69, 9.17) is 0 Å². The van der Waals surface area contributed by atoms with E-state index in [2.05, 4.69) is 4.57 Å². The van der Waals surface area contributed by atoms with Gasteiger partial charge in [0, 0.05) is 24.2 Å². The summed E-state index contributed by atoms with van der Waals surface area (Å²) in [6.45, 7) is 0.940. The Bertz CT molecular complexity index is 676. The first kappa shape index (κ1) is 11.9. The van der Waals surface area contributed by atoms with Gasteiger partial charge in [-0.25, -0.2) is 0 Å². The Labute approximate surface area is 117 Å². The van der Waals surface area contributed by atoms with Gasteiger partial charge in [-0.15, -0.1) is 0 Å². The van der Waals surface area contributed by atoms with Crippen molar-refractivity contribution < 1.29 is 4.92 Å². The lowest BCUT2D eigenvalue weighted by Crippen LogP contribution is -2.17. The fourth-order valence-electron chi connectivity index (χ4n) is 4.39. The molecule has 3 atom stereocenters. The Morgan fingerprint density at radius 1 is 1.25 bits per heavy atom. The van der Waals surface area contributed by atoms with Crippen molar-refractivity contribution in [1.82, 2.24) is 4.57 Å². The molecule has 4 heteroatoms. The van der Waals surface area contributed by atoms with Gasteiger partial charge in [0.1, 0.15) is 5.52 Å². The van der Waals surface area contributed by atoms with Crippen LogP contribution in [0.5, 0.6) is 0 Å². The second-order valence-electron chi connectivity index (χ2n) is 6.38. The molecule has 2 aromatic rings. The summed E-state index contributed by atoms with van der Waals surface area (Å²) < 4.78 is 2.11. The van der Waals surface area contributed by atoms with E-state index in [1.165, 1.54) is 25.7 Å². The Kier molecular flexibility index (Phi) is 2.59. The topological polar surface area (TPSA) is 48.1 Å². The Morgan fingerprint density at radius 3 is 2.85 bits per heavy atom. The van der Waals surface area contributed by atoms with Crippen molar-refractivity contribution in [1.29, 1.82) is 0 Å². The predicted octanol–water partition coefficient (Wildman–Crippen LogP) is 3.99. The third-order valence-electron chi connectivity index (χ3n) is 5.28. The number of aromatic nitrogens is 1. The average Bonchev–Trinajstić information content (AvgIpc) is 3.14. The van der Waals surface area contributed by atoms with Crippen LogP contribution in [0.3, 0.4) is 0 Å². The minimum absolute atomic E-state index is 0.232. The zero-order valence-corrected chi connectivity index (χ0v) is 11.4. The lowest BCUT2D eigenvalue weighted by molar-refractivity contribution is -0.383. The second kappa shape index (κ2) is 4.33. The highest BCUT2D eigenvalue weighted by Gasteiger charge is 2.39. The van der Waals surface area contributed by atoms with Crippen molar-refractivity contribution in [2.75, 3.05) is 0 Å². The Hall–Kier alpha value is -1.84. The first-order valence-electron chi connectivity index (χ1n) is 7.44.